The van der Waals surface area contributed by atoms with Gasteiger partial charge in [0.25, 0.3) is 0 Å². The highest BCUT2D eigenvalue weighted by Crippen LogP contribution is 2.28. The van der Waals surface area contributed by atoms with Crippen LogP contribution in [0.3, 0.4) is 0 Å². The Morgan fingerprint density at radius 2 is 1.74 bits per heavy atom. The van der Waals surface area contributed by atoms with Crippen molar-refractivity contribution in [1.29, 1.82) is 0 Å². The van der Waals surface area contributed by atoms with Crippen molar-refractivity contribution in [3.8, 4) is 0 Å². The number of urea groups is 1. The van der Waals surface area contributed by atoms with E-state index in [1.807, 2.05) is 18.2 Å². The maximum absolute atomic E-state index is 13.5. The van der Waals surface area contributed by atoms with E-state index < -0.39 is 24.2 Å². The molecule has 2 aliphatic heterocycles. The quantitative estimate of drug-likeness (QED) is 0.449. The van der Waals surface area contributed by atoms with Gasteiger partial charge >= 0.3 is 12.0 Å². The molecule has 0 unspecified atom stereocenters. The lowest BCUT2D eigenvalue weighted by atomic mass is 10.0. The number of amides is 4. The first-order chi connectivity index (χ1) is 18.7. The molecule has 4 rings (SSSR count). The third kappa shape index (κ3) is 6.91. The maximum Gasteiger partial charge on any atom is 0.334 e. The van der Waals surface area contributed by atoms with Crippen molar-refractivity contribution in [3.63, 3.8) is 0 Å². The van der Waals surface area contributed by atoms with Gasteiger partial charge in [-0.25, -0.2) is 19.2 Å². The first-order valence-electron chi connectivity index (χ1n) is 13.1. The number of carbonyl (C=O) groups is 4. The SMILES string of the molecule is CN1CC(=O)N2[C@@H](CCC(=O)O)C(=O)N(CCCCc3ccccc3)C[C@@H]2N1C(=O)NCc1ccc(F)cc1. The second-order valence-corrected chi connectivity index (χ2v) is 9.90. The molecule has 0 aliphatic carbocycles. The van der Waals surface area contributed by atoms with E-state index in [1.54, 1.807) is 24.1 Å². The smallest absolute Gasteiger partial charge is 0.334 e. The van der Waals surface area contributed by atoms with Crippen LogP contribution in [0.15, 0.2) is 54.6 Å². The Morgan fingerprint density at radius 1 is 1.03 bits per heavy atom. The fourth-order valence-corrected chi connectivity index (χ4v) is 5.18. The molecule has 0 spiro atoms. The summed E-state index contributed by atoms with van der Waals surface area (Å²) >= 11 is 0. The van der Waals surface area contributed by atoms with Crippen LogP contribution in [0.2, 0.25) is 0 Å². The predicted octanol–water partition coefficient (Wildman–Crippen LogP) is 2.45. The van der Waals surface area contributed by atoms with Crippen LogP contribution in [-0.4, -0.2) is 87.6 Å². The van der Waals surface area contributed by atoms with Gasteiger partial charge in [0.15, 0.2) is 0 Å². The van der Waals surface area contributed by atoms with Gasteiger partial charge in [-0.2, -0.15) is 0 Å². The summed E-state index contributed by atoms with van der Waals surface area (Å²) in [6.07, 6.45) is 1.34. The van der Waals surface area contributed by atoms with E-state index in [0.29, 0.717) is 12.1 Å². The molecule has 2 atom stereocenters. The fraction of sp³-hybridized carbons (Fsp3) is 0.429. The summed E-state index contributed by atoms with van der Waals surface area (Å²) in [6.45, 7) is 0.569. The number of aliphatic carboxylic acids is 1. The van der Waals surface area contributed by atoms with Gasteiger partial charge < -0.3 is 20.2 Å². The number of benzene rings is 2. The molecule has 2 heterocycles. The average Bonchev–Trinajstić information content (AvgIpc) is 2.91. The van der Waals surface area contributed by atoms with Crippen molar-refractivity contribution < 1.29 is 28.7 Å². The number of unbranched alkanes of at least 4 members (excludes halogenated alkanes) is 1. The number of nitrogens with one attached hydrogen (secondary N) is 1. The number of aryl methyl sites for hydroxylation is 1. The number of nitrogens with zero attached hydrogens (tertiary/aromatic N) is 4. The third-order valence-electron chi connectivity index (χ3n) is 7.12. The highest BCUT2D eigenvalue weighted by molar-refractivity contribution is 5.91. The van der Waals surface area contributed by atoms with E-state index in [9.17, 15) is 28.7 Å². The first-order valence-corrected chi connectivity index (χ1v) is 13.1. The van der Waals surface area contributed by atoms with Gasteiger partial charge in [0.05, 0.1) is 13.1 Å². The summed E-state index contributed by atoms with van der Waals surface area (Å²) < 4.78 is 13.3. The van der Waals surface area contributed by atoms with Crippen molar-refractivity contribution >= 4 is 23.8 Å². The zero-order chi connectivity index (χ0) is 27.9. The van der Waals surface area contributed by atoms with Gasteiger partial charge in [0.2, 0.25) is 11.8 Å². The van der Waals surface area contributed by atoms with Crippen molar-refractivity contribution in [1.82, 2.24) is 25.1 Å². The van der Waals surface area contributed by atoms with Crippen molar-refractivity contribution in [2.45, 2.75) is 50.9 Å². The molecular weight excluding hydrogens is 505 g/mol. The van der Waals surface area contributed by atoms with Crippen LogP contribution in [0.25, 0.3) is 0 Å². The fourth-order valence-electron chi connectivity index (χ4n) is 5.18. The number of piperazine rings is 1. The van der Waals surface area contributed by atoms with Crippen molar-refractivity contribution in [2.75, 3.05) is 26.7 Å². The van der Waals surface area contributed by atoms with Crippen LogP contribution >= 0.6 is 0 Å². The topological polar surface area (TPSA) is 114 Å². The average molecular weight is 540 g/mol. The Bertz CT molecular complexity index is 1180. The molecule has 0 aromatic heterocycles. The molecule has 208 valence electrons. The lowest BCUT2D eigenvalue weighted by molar-refractivity contribution is -0.187. The third-order valence-corrected chi connectivity index (χ3v) is 7.12. The Labute approximate surface area is 226 Å². The van der Waals surface area contributed by atoms with E-state index in [2.05, 4.69) is 17.4 Å². The highest BCUT2D eigenvalue weighted by atomic mass is 19.1. The number of carbonyl (C=O) groups excluding carboxylic acids is 3. The number of hydrazine groups is 1. The normalized spacial score (nSPS) is 19.7. The Balaban J connectivity index is 1.49. The lowest BCUT2D eigenvalue weighted by Crippen LogP contribution is -2.76. The Morgan fingerprint density at radius 3 is 2.44 bits per heavy atom. The minimum atomic E-state index is -1.06. The molecule has 10 nitrogen and oxygen atoms in total. The summed E-state index contributed by atoms with van der Waals surface area (Å²) in [6, 6.07) is 14.4. The molecule has 0 saturated carbocycles. The zero-order valence-corrected chi connectivity index (χ0v) is 22.0. The van der Waals surface area contributed by atoms with Crippen LogP contribution in [0, 0.1) is 5.82 Å². The molecule has 2 saturated heterocycles. The minimum absolute atomic E-state index is 0.0360. The molecule has 39 heavy (non-hydrogen) atoms. The molecule has 2 fully saturated rings. The van der Waals surface area contributed by atoms with Crippen LogP contribution in [0.4, 0.5) is 9.18 Å². The number of halogens is 1. The van der Waals surface area contributed by atoms with Crippen molar-refractivity contribution in [2.24, 2.45) is 0 Å². The summed E-state index contributed by atoms with van der Waals surface area (Å²) in [5.74, 6) is -2.07. The maximum atomic E-state index is 13.5. The van der Waals surface area contributed by atoms with Gasteiger partial charge in [-0.3, -0.25) is 14.4 Å². The summed E-state index contributed by atoms with van der Waals surface area (Å²) in [5, 5.41) is 15.0. The second kappa shape index (κ2) is 12.7. The first kappa shape index (κ1) is 28.0. The van der Waals surface area contributed by atoms with E-state index in [0.717, 1.165) is 19.3 Å². The van der Waals surface area contributed by atoms with Crippen LogP contribution in [0.5, 0.6) is 0 Å². The monoisotopic (exact) mass is 539 g/mol. The number of fused-ring (bicyclic) bond motifs is 1. The summed E-state index contributed by atoms with van der Waals surface area (Å²) in [4.78, 5) is 54.3. The Hall–Kier alpha value is -3.99. The minimum Gasteiger partial charge on any atom is -0.481 e. The standard InChI is InChI=1S/C28H34FN5O5/c1-31-19-25(35)33-23(14-15-26(36)37)27(38)32(16-6-5-9-20-7-3-2-4-8-20)18-24(33)34(31)28(39)30-17-21-10-12-22(29)13-11-21/h2-4,7-8,10-13,23-24H,5-6,9,14-19H2,1H3,(H,30,39)(H,36,37)/t23-,24-/m0/s1. The van der Waals surface area contributed by atoms with Crippen molar-refractivity contribution in [3.05, 3.63) is 71.5 Å². The van der Waals surface area contributed by atoms with E-state index in [1.165, 1.54) is 32.6 Å². The van der Waals surface area contributed by atoms with E-state index in [-0.39, 0.29) is 50.1 Å². The molecule has 2 aromatic rings. The van der Waals surface area contributed by atoms with Gasteiger partial charge in [-0.05, 0) is 48.9 Å². The number of carboxylic acid groups (broad SMARTS) is 1. The number of hydrogen-bond acceptors (Lipinski definition) is 5. The molecule has 0 bridgehead atoms. The van der Waals surface area contributed by atoms with Crippen LogP contribution in [-0.2, 0) is 27.3 Å². The molecule has 0 radical (unpaired) electrons. The van der Waals surface area contributed by atoms with Crippen LogP contribution in [0.1, 0.15) is 36.8 Å². The molecule has 4 amide bonds. The Kier molecular flexibility index (Phi) is 9.13. The molecule has 2 aliphatic rings. The summed E-state index contributed by atoms with van der Waals surface area (Å²) in [7, 11) is 1.62. The number of rotatable bonds is 10. The zero-order valence-electron chi connectivity index (χ0n) is 22.0. The molecule has 2 N–H and O–H groups in total. The van der Waals surface area contributed by atoms with E-state index in [4.69, 9.17) is 0 Å². The second-order valence-electron chi connectivity index (χ2n) is 9.90. The molecular formula is C28H34FN5O5. The number of carboxylic acids is 1. The van der Waals surface area contributed by atoms with Gasteiger partial charge in [-0.15, -0.1) is 0 Å². The van der Waals surface area contributed by atoms with E-state index >= 15 is 0 Å². The highest BCUT2D eigenvalue weighted by Gasteiger charge is 2.50. The predicted molar refractivity (Wildman–Crippen MR) is 140 cm³/mol. The summed E-state index contributed by atoms with van der Waals surface area (Å²) in [5.41, 5.74) is 1.91. The van der Waals surface area contributed by atoms with Gasteiger partial charge in [0.1, 0.15) is 18.0 Å². The van der Waals surface area contributed by atoms with Crippen LogP contribution < -0.4 is 5.32 Å². The largest absolute Gasteiger partial charge is 0.481 e. The number of likely N-dealkylation sites (N-methyl/N-ethyl adjacent to an activating group) is 1. The molecule has 11 heteroatoms. The lowest BCUT2D eigenvalue weighted by Gasteiger charge is -2.54. The van der Waals surface area contributed by atoms with Gasteiger partial charge in [0, 0.05) is 26.6 Å². The molecule has 2 aromatic carbocycles. The number of hydrogen-bond donors (Lipinski definition) is 2. The van der Waals surface area contributed by atoms with Gasteiger partial charge in [-0.1, -0.05) is 42.5 Å².